The van der Waals surface area contributed by atoms with Crippen molar-refractivity contribution < 1.29 is 22.7 Å². The molecular weight excluding hydrogens is 416 g/mol. The van der Waals surface area contributed by atoms with E-state index in [1.54, 1.807) is 6.92 Å². The highest BCUT2D eigenvalue weighted by molar-refractivity contribution is 7.89. The van der Waals surface area contributed by atoms with E-state index in [2.05, 4.69) is 18.7 Å². The minimum absolute atomic E-state index is 0.124. The largest absolute Gasteiger partial charge is 0.462 e. The van der Waals surface area contributed by atoms with E-state index in [0.29, 0.717) is 37.5 Å². The molecule has 0 bridgehead atoms. The van der Waals surface area contributed by atoms with Crippen LogP contribution in [0.3, 0.4) is 0 Å². The molecule has 0 atom stereocenters. The molecule has 0 spiro atoms. The summed E-state index contributed by atoms with van der Waals surface area (Å²) in [5.41, 5.74) is 0.325. The number of nitrogens with zero attached hydrogens (tertiary/aromatic N) is 2. The standard InChI is InChI=1S/C23H34N2O5S/c1-4-30-23(27)19-9-11-21(12-10-19)31(28,29)24-15-13-18(14-16-24)22(26)25(17(2)3)20-7-5-6-8-20/h9-12,17-18,20H,4-8,13-16H2,1-3H3. The zero-order valence-corrected chi connectivity index (χ0v) is 19.6. The lowest BCUT2D eigenvalue weighted by Gasteiger charge is -2.38. The minimum atomic E-state index is -3.66. The molecule has 3 rings (SSSR count). The first kappa shape index (κ1) is 23.7. The Hall–Kier alpha value is -1.93. The van der Waals surface area contributed by atoms with Gasteiger partial charge in [0.15, 0.2) is 0 Å². The zero-order valence-electron chi connectivity index (χ0n) is 18.7. The Labute approximate surface area is 185 Å². The second kappa shape index (κ2) is 10.1. The maximum Gasteiger partial charge on any atom is 0.338 e. The summed E-state index contributed by atoms with van der Waals surface area (Å²) in [6.07, 6.45) is 5.56. The van der Waals surface area contributed by atoms with Gasteiger partial charge < -0.3 is 9.64 Å². The summed E-state index contributed by atoms with van der Waals surface area (Å²) in [6.45, 7) is 6.77. The molecule has 1 heterocycles. The summed E-state index contributed by atoms with van der Waals surface area (Å²) in [6, 6.07) is 6.33. The Balaban J connectivity index is 1.64. The highest BCUT2D eigenvalue weighted by Gasteiger charge is 2.37. The Morgan fingerprint density at radius 2 is 1.65 bits per heavy atom. The van der Waals surface area contributed by atoms with E-state index in [4.69, 9.17) is 4.74 Å². The number of esters is 1. The molecule has 31 heavy (non-hydrogen) atoms. The quantitative estimate of drug-likeness (QED) is 0.594. The number of sulfonamides is 1. The molecular formula is C23H34N2O5S. The predicted octanol–water partition coefficient (Wildman–Crippen LogP) is 3.44. The number of carbonyl (C=O) groups excluding carboxylic acids is 2. The van der Waals surface area contributed by atoms with Gasteiger partial charge in [0, 0.05) is 31.1 Å². The van der Waals surface area contributed by atoms with Crippen molar-refractivity contribution in [1.29, 1.82) is 0 Å². The van der Waals surface area contributed by atoms with Gasteiger partial charge in [0.25, 0.3) is 0 Å². The highest BCUT2D eigenvalue weighted by Crippen LogP contribution is 2.30. The van der Waals surface area contributed by atoms with E-state index in [0.717, 1.165) is 12.8 Å². The lowest BCUT2D eigenvalue weighted by atomic mass is 9.95. The number of rotatable bonds is 7. The molecule has 7 nitrogen and oxygen atoms in total. The van der Waals surface area contributed by atoms with Crippen LogP contribution in [-0.2, 0) is 19.6 Å². The van der Waals surface area contributed by atoms with Crippen molar-refractivity contribution in [1.82, 2.24) is 9.21 Å². The molecule has 1 amide bonds. The molecule has 2 fully saturated rings. The third kappa shape index (κ3) is 5.29. The SMILES string of the molecule is CCOC(=O)c1ccc(S(=O)(=O)N2CCC(C(=O)N(C(C)C)C3CCCC3)CC2)cc1. The smallest absolute Gasteiger partial charge is 0.338 e. The van der Waals surface area contributed by atoms with Gasteiger partial charge >= 0.3 is 5.97 Å². The van der Waals surface area contributed by atoms with Gasteiger partial charge in [0.1, 0.15) is 0 Å². The molecule has 1 saturated heterocycles. The fraction of sp³-hybridized carbons (Fsp3) is 0.652. The highest BCUT2D eigenvalue weighted by atomic mass is 32.2. The Bertz CT molecular complexity index is 868. The molecule has 1 aliphatic heterocycles. The number of carbonyl (C=O) groups is 2. The lowest BCUT2D eigenvalue weighted by Crippen LogP contribution is -2.49. The lowest BCUT2D eigenvalue weighted by molar-refractivity contribution is -0.141. The average Bonchev–Trinajstić information content (AvgIpc) is 3.28. The maximum atomic E-state index is 13.2. The molecule has 1 aromatic carbocycles. The summed E-state index contributed by atoms with van der Waals surface area (Å²) >= 11 is 0. The first-order valence-corrected chi connectivity index (χ1v) is 12.8. The van der Waals surface area contributed by atoms with Crippen molar-refractivity contribution in [2.45, 2.75) is 76.3 Å². The fourth-order valence-corrected chi connectivity index (χ4v) is 6.19. The van der Waals surface area contributed by atoms with Gasteiger partial charge in [-0.1, -0.05) is 12.8 Å². The third-order valence-electron chi connectivity index (χ3n) is 6.34. The predicted molar refractivity (Wildman–Crippen MR) is 118 cm³/mol. The summed E-state index contributed by atoms with van der Waals surface area (Å²) in [5, 5.41) is 0. The minimum Gasteiger partial charge on any atom is -0.462 e. The van der Waals surface area contributed by atoms with Crippen LogP contribution >= 0.6 is 0 Å². The van der Waals surface area contributed by atoms with E-state index in [9.17, 15) is 18.0 Å². The van der Waals surface area contributed by atoms with Crippen LogP contribution in [0.2, 0.25) is 0 Å². The van der Waals surface area contributed by atoms with Gasteiger partial charge in [-0.25, -0.2) is 13.2 Å². The van der Waals surface area contributed by atoms with Crippen LogP contribution in [-0.4, -0.2) is 61.3 Å². The second-order valence-corrected chi connectivity index (χ2v) is 10.6. The van der Waals surface area contributed by atoms with Crippen LogP contribution in [0.5, 0.6) is 0 Å². The molecule has 172 valence electrons. The van der Waals surface area contributed by atoms with Gasteiger partial charge in [0.2, 0.25) is 15.9 Å². The molecule has 1 aromatic rings. The summed E-state index contributed by atoms with van der Waals surface area (Å²) < 4.78 is 32.5. The Morgan fingerprint density at radius 1 is 1.06 bits per heavy atom. The number of benzene rings is 1. The molecule has 0 aromatic heterocycles. The second-order valence-electron chi connectivity index (χ2n) is 8.70. The number of ether oxygens (including phenoxy) is 1. The van der Waals surface area contributed by atoms with Crippen molar-refractivity contribution in [3.8, 4) is 0 Å². The molecule has 2 aliphatic rings. The molecule has 0 unspecified atom stereocenters. The maximum absolute atomic E-state index is 13.2. The molecule has 1 saturated carbocycles. The number of amides is 1. The molecule has 8 heteroatoms. The van der Waals surface area contributed by atoms with Crippen LogP contribution in [0, 0.1) is 5.92 Å². The number of hydrogen-bond acceptors (Lipinski definition) is 5. The first-order chi connectivity index (χ1) is 14.8. The normalized spacial score (nSPS) is 19.0. The molecule has 0 radical (unpaired) electrons. The van der Waals surface area contributed by atoms with Crippen LogP contribution in [0.1, 0.15) is 69.7 Å². The van der Waals surface area contributed by atoms with Crippen LogP contribution in [0.25, 0.3) is 0 Å². The zero-order chi connectivity index (χ0) is 22.6. The van der Waals surface area contributed by atoms with Gasteiger partial charge in [-0.3, -0.25) is 4.79 Å². The van der Waals surface area contributed by atoms with E-state index >= 15 is 0 Å². The van der Waals surface area contributed by atoms with E-state index < -0.39 is 16.0 Å². The van der Waals surface area contributed by atoms with Gasteiger partial charge in [-0.2, -0.15) is 4.31 Å². The van der Waals surface area contributed by atoms with Gasteiger partial charge in [-0.15, -0.1) is 0 Å². The molecule has 0 N–H and O–H groups in total. The monoisotopic (exact) mass is 450 g/mol. The number of piperidine rings is 1. The summed E-state index contributed by atoms with van der Waals surface area (Å²) in [5.74, 6) is -0.416. The Kier molecular flexibility index (Phi) is 7.75. The average molecular weight is 451 g/mol. The van der Waals surface area contributed by atoms with Gasteiger partial charge in [0.05, 0.1) is 17.1 Å². The van der Waals surface area contributed by atoms with E-state index in [1.165, 1.54) is 41.4 Å². The third-order valence-corrected chi connectivity index (χ3v) is 8.25. The first-order valence-electron chi connectivity index (χ1n) is 11.3. The Morgan fingerprint density at radius 3 is 2.16 bits per heavy atom. The topological polar surface area (TPSA) is 84.0 Å². The van der Waals surface area contributed by atoms with Crippen LogP contribution in [0.4, 0.5) is 0 Å². The summed E-state index contributed by atoms with van der Waals surface area (Å²) in [4.78, 5) is 27.2. The molecule has 1 aliphatic carbocycles. The van der Waals surface area contributed by atoms with E-state index in [-0.39, 0.29) is 29.4 Å². The van der Waals surface area contributed by atoms with Crippen molar-refractivity contribution >= 4 is 21.9 Å². The van der Waals surface area contributed by atoms with Crippen molar-refractivity contribution in [3.05, 3.63) is 29.8 Å². The van der Waals surface area contributed by atoms with Crippen molar-refractivity contribution in [3.63, 3.8) is 0 Å². The van der Waals surface area contributed by atoms with Crippen molar-refractivity contribution in [2.75, 3.05) is 19.7 Å². The number of hydrogen-bond donors (Lipinski definition) is 0. The van der Waals surface area contributed by atoms with E-state index in [1.807, 2.05) is 0 Å². The van der Waals surface area contributed by atoms with Crippen LogP contribution < -0.4 is 0 Å². The van der Waals surface area contributed by atoms with Gasteiger partial charge in [-0.05, 0) is 70.7 Å². The summed E-state index contributed by atoms with van der Waals surface area (Å²) in [7, 11) is -3.66. The fourth-order valence-electron chi connectivity index (χ4n) is 4.72. The van der Waals surface area contributed by atoms with Crippen molar-refractivity contribution in [2.24, 2.45) is 5.92 Å². The van der Waals surface area contributed by atoms with Crippen LogP contribution in [0.15, 0.2) is 29.2 Å².